The molecule has 1 aromatic heterocycles. The Labute approximate surface area is 84.5 Å². The van der Waals surface area contributed by atoms with Gasteiger partial charge in [-0.05, 0) is 17.5 Å². The molecule has 0 spiro atoms. The van der Waals surface area contributed by atoms with Crippen molar-refractivity contribution in [3.8, 4) is 0 Å². The summed E-state index contributed by atoms with van der Waals surface area (Å²) in [5.74, 6) is 0.714. The molecule has 0 saturated carbocycles. The van der Waals surface area contributed by atoms with Crippen molar-refractivity contribution in [1.82, 2.24) is 5.32 Å². The smallest absolute Gasteiger partial charge is 0.227 e. The second-order valence-corrected chi connectivity index (χ2v) is 4.59. The monoisotopic (exact) mass is 195 g/mol. The second kappa shape index (κ2) is 4.31. The number of rotatable bonds is 3. The molecule has 0 aliphatic heterocycles. The van der Waals surface area contributed by atoms with Crippen LogP contribution < -0.4 is 5.32 Å². The number of amides is 1. The summed E-state index contributed by atoms with van der Waals surface area (Å²) in [5.41, 5.74) is 0.124. The average Bonchev–Trinajstić information content (AvgIpc) is 2.52. The summed E-state index contributed by atoms with van der Waals surface area (Å²) in [4.78, 5) is 11.4. The zero-order valence-electron chi connectivity index (χ0n) is 8.96. The Balaban J connectivity index is 2.30. The molecule has 1 amide bonds. The Hall–Kier alpha value is -1.25. The van der Waals surface area contributed by atoms with E-state index in [1.165, 1.54) is 0 Å². The van der Waals surface area contributed by atoms with Crippen molar-refractivity contribution >= 4 is 5.91 Å². The van der Waals surface area contributed by atoms with Gasteiger partial charge in [0.05, 0.1) is 12.7 Å². The van der Waals surface area contributed by atoms with E-state index in [9.17, 15) is 4.79 Å². The van der Waals surface area contributed by atoms with Crippen LogP contribution in [0.3, 0.4) is 0 Å². The molecule has 78 valence electrons. The quantitative estimate of drug-likeness (QED) is 0.801. The first-order valence-corrected chi connectivity index (χ1v) is 4.76. The molecule has 0 bridgehead atoms. The van der Waals surface area contributed by atoms with Crippen LogP contribution in [0.15, 0.2) is 22.8 Å². The van der Waals surface area contributed by atoms with Crippen LogP contribution >= 0.6 is 0 Å². The fourth-order valence-electron chi connectivity index (χ4n) is 0.998. The minimum absolute atomic E-state index is 0.00914. The molecule has 3 nitrogen and oxygen atoms in total. The van der Waals surface area contributed by atoms with E-state index in [2.05, 4.69) is 26.1 Å². The number of furan rings is 1. The van der Waals surface area contributed by atoms with Crippen LogP contribution in [0.25, 0.3) is 0 Å². The lowest BCUT2D eigenvalue weighted by Crippen LogP contribution is -2.33. The molecule has 0 saturated heterocycles. The van der Waals surface area contributed by atoms with Crippen LogP contribution in [-0.2, 0) is 11.2 Å². The molecular formula is C11H17NO2. The molecule has 0 aromatic carbocycles. The minimum Gasteiger partial charge on any atom is -0.469 e. The maximum absolute atomic E-state index is 11.4. The molecule has 1 heterocycles. The van der Waals surface area contributed by atoms with Crippen molar-refractivity contribution in [2.24, 2.45) is 5.41 Å². The van der Waals surface area contributed by atoms with Crippen molar-refractivity contribution in [3.05, 3.63) is 24.2 Å². The first-order chi connectivity index (χ1) is 6.47. The largest absolute Gasteiger partial charge is 0.469 e. The third-order valence-corrected chi connectivity index (χ3v) is 1.73. The molecule has 0 atom stereocenters. The third kappa shape index (κ3) is 4.12. The lowest BCUT2D eigenvalue weighted by atomic mass is 9.97. The van der Waals surface area contributed by atoms with Gasteiger partial charge in [-0.2, -0.15) is 0 Å². The highest BCUT2D eigenvalue weighted by Crippen LogP contribution is 2.10. The summed E-state index contributed by atoms with van der Waals surface area (Å²) in [6.07, 6.45) is 1.90. The summed E-state index contributed by atoms with van der Waals surface area (Å²) >= 11 is 0. The highest BCUT2D eigenvalue weighted by atomic mass is 16.3. The van der Waals surface area contributed by atoms with Gasteiger partial charge in [-0.1, -0.05) is 20.8 Å². The van der Waals surface area contributed by atoms with E-state index in [1.54, 1.807) is 18.4 Å². The Bertz CT molecular complexity index is 283. The lowest BCUT2D eigenvalue weighted by molar-refractivity contribution is -0.121. The number of hydrogen-bond acceptors (Lipinski definition) is 2. The van der Waals surface area contributed by atoms with E-state index in [0.717, 1.165) is 0 Å². The van der Waals surface area contributed by atoms with Crippen molar-refractivity contribution < 1.29 is 9.21 Å². The highest BCUT2D eigenvalue weighted by Gasteiger charge is 2.12. The van der Waals surface area contributed by atoms with Gasteiger partial charge in [0.1, 0.15) is 5.76 Å². The van der Waals surface area contributed by atoms with Gasteiger partial charge in [-0.3, -0.25) is 4.79 Å². The van der Waals surface area contributed by atoms with Crippen LogP contribution in [0.5, 0.6) is 0 Å². The van der Waals surface area contributed by atoms with E-state index >= 15 is 0 Å². The Morgan fingerprint density at radius 1 is 1.50 bits per heavy atom. The van der Waals surface area contributed by atoms with E-state index in [0.29, 0.717) is 18.7 Å². The van der Waals surface area contributed by atoms with Gasteiger partial charge in [0, 0.05) is 6.54 Å². The van der Waals surface area contributed by atoms with Crippen LogP contribution in [0.1, 0.15) is 26.5 Å². The third-order valence-electron chi connectivity index (χ3n) is 1.73. The van der Waals surface area contributed by atoms with Gasteiger partial charge in [0.15, 0.2) is 0 Å². The van der Waals surface area contributed by atoms with Crippen LogP contribution in [0, 0.1) is 5.41 Å². The number of carbonyl (C=O) groups is 1. The fourth-order valence-corrected chi connectivity index (χ4v) is 0.998. The fraction of sp³-hybridized carbons (Fsp3) is 0.545. The molecule has 1 rings (SSSR count). The van der Waals surface area contributed by atoms with Gasteiger partial charge in [-0.15, -0.1) is 0 Å². The van der Waals surface area contributed by atoms with E-state index in [4.69, 9.17) is 4.42 Å². The zero-order chi connectivity index (χ0) is 10.6. The number of hydrogen-bond donors (Lipinski definition) is 1. The van der Waals surface area contributed by atoms with E-state index in [-0.39, 0.29) is 11.3 Å². The molecule has 0 aliphatic rings. The summed E-state index contributed by atoms with van der Waals surface area (Å²) in [7, 11) is 0. The van der Waals surface area contributed by atoms with Crippen LogP contribution in [0.4, 0.5) is 0 Å². The molecule has 14 heavy (non-hydrogen) atoms. The lowest BCUT2D eigenvalue weighted by Gasteiger charge is -2.18. The Morgan fingerprint density at radius 3 is 2.71 bits per heavy atom. The average molecular weight is 195 g/mol. The molecule has 0 unspecified atom stereocenters. The van der Waals surface area contributed by atoms with Crippen molar-refractivity contribution in [1.29, 1.82) is 0 Å². The first kappa shape index (κ1) is 10.8. The van der Waals surface area contributed by atoms with Gasteiger partial charge < -0.3 is 9.73 Å². The standard InChI is InChI=1S/C11H17NO2/c1-11(2,3)8-12-10(13)7-9-5-4-6-14-9/h4-6H,7-8H2,1-3H3,(H,12,13). The molecule has 0 aliphatic carbocycles. The maximum atomic E-state index is 11.4. The van der Waals surface area contributed by atoms with Crippen molar-refractivity contribution in [2.75, 3.05) is 6.54 Å². The first-order valence-electron chi connectivity index (χ1n) is 4.76. The van der Waals surface area contributed by atoms with E-state index in [1.807, 2.05) is 0 Å². The van der Waals surface area contributed by atoms with Gasteiger partial charge in [-0.25, -0.2) is 0 Å². The normalized spacial score (nSPS) is 11.4. The molecule has 0 radical (unpaired) electrons. The van der Waals surface area contributed by atoms with Gasteiger partial charge >= 0.3 is 0 Å². The predicted molar refractivity (Wildman–Crippen MR) is 54.9 cm³/mol. The number of nitrogens with one attached hydrogen (secondary N) is 1. The van der Waals surface area contributed by atoms with Crippen LogP contribution in [0.2, 0.25) is 0 Å². The van der Waals surface area contributed by atoms with Crippen molar-refractivity contribution in [2.45, 2.75) is 27.2 Å². The predicted octanol–water partition coefficient (Wildman–Crippen LogP) is 1.98. The molecule has 3 heteroatoms. The minimum atomic E-state index is 0.00914. The van der Waals surface area contributed by atoms with Crippen molar-refractivity contribution in [3.63, 3.8) is 0 Å². The molecule has 1 N–H and O–H groups in total. The van der Waals surface area contributed by atoms with Gasteiger partial charge in [0.2, 0.25) is 5.91 Å². The Morgan fingerprint density at radius 2 is 2.21 bits per heavy atom. The SMILES string of the molecule is CC(C)(C)CNC(=O)Cc1ccco1. The van der Waals surface area contributed by atoms with Crippen LogP contribution in [-0.4, -0.2) is 12.5 Å². The molecule has 0 fully saturated rings. The molecular weight excluding hydrogens is 178 g/mol. The second-order valence-electron chi connectivity index (χ2n) is 4.59. The summed E-state index contributed by atoms with van der Waals surface area (Å²) in [6, 6.07) is 3.59. The summed E-state index contributed by atoms with van der Waals surface area (Å²) in [6.45, 7) is 6.94. The van der Waals surface area contributed by atoms with E-state index < -0.39 is 0 Å². The summed E-state index contributed by atoms with van der Waals surface area (Å²) in [5, 5.41) is 2.86. The topological polar surface area (TPSA) is 42.2 Å². The number of carbonyl (C=O) groups excluding carboxylic acids is 1. The Kier molecular flexibility index (Phi) is 3.33. The maximum Gasteiger partial charge on any atom is 0.227 e. The summed E-state index contributed by atoms with van der Waals surface area (Å²) < 4.78 is 5.08. The highest BCUT2D eigenvalue weighted by molar-refractivity contribution is 5.77. The molecule has 1 aromatic rings. The zero-order valence-corrected chi connectivity index (χ0v) is 8.96. The van der Waals surface area contributed by atoms with Gasteiger partial charge in [0.25, 0.3) is 0 Å².